The SMILES string of the molecule is O=S(=O)(O)O.O=S(=O)(O)O.O=S(=O)(O)O.[Fe].[H-].[K+]. The van der Waals surface area contributed by atoms with E-state index in [0.29, 0.717) is 0 Å². The van der Waals surface area contributed by atoms with Gasteiger partial charge < -0.3 is 1.43 Å². The first-order valence-corrected chi connectivity index (χ1v) is 6.29. The molecule has 0 saturated heterocycles. The van der Waals surface area contributed by atoms with Crippen LogP contribution in [0, 0.1) is 0 Å². The molecular formula is H7FeKO12S3. The van der Waals surface area contributed by atoms with Gasteiger partial charge in [-0.05, 0) is 0 Å². The minimum Gasteiger partial charge on any atom is -1.00 e. The Hall–Kier alpha value is 1.77. The first kappa shape index (κ1) is 31.3. The van der Waals surface area contributed by atoms with Crippen LogP contribution >= 0.6 is 0 Å². The van der Waals surface area contributed by atoms with Crippen LogP contribution < -0.4 is 51.4 Å². The minimum atomic E-state index is -4.67. The zero-order valence-corrected chi connectivity index (χ0v) is 14.4. The molecular weight excluding hydrogens is 383 g/mol. The summed E-state index contributed by atoms with van der Waals surface area (Å²) >= 11 is 0. The average molecular weight is 390 g/mol. The van der Waals surface area contributed by atoms with Gasteiger partial charge in [-0.25, -0.2) is 0 Å². The third-order valence-electron chi connectivity index (χ3n) is 0. The van der Waals surface area contributed by atoms with Gasteiger partial charge in [0.15, 0.2) is 0 Å². The quantitative estimate of drug-likeness (QED) is 0.169. The first-order valence-electron chi connectivity index (χ1n) is 2.10. The maximum Gasteiger partial charge on any atom is 1.00 e. The van der Waals surface area contributed by atoms with E-state index in [4.69, 9.17) is 52.6 Å². The minimum absolute atomic E-state index is 0. The molecule has 0 spiro atoms. The molecule has 0 amide bonds. The van der Waals surface area contributed by atoms with Gasteiger partial charge in [0.1, 0.15) is 0 Å². The maximum atomic E-state index is 8.74. The Morgan fingerprint density at radius 3 is 0.529 bits per heavy atom. The summed E-state index contributed by atoms with van der Waals surface area (Å²) in [4.78, 5) is 0. The van der Waals surface area contributed by atoms with Gasteiger partial charge in [-0.15, -0.1) is 0 Å². The molecule has 0 aromatic carbocycles. The molecule has 0 unspecified atom stereocenters. The molecule has 0 heterocycles. The van der Waals surface area contributed by atoms with Gasteiger partial charge in [-0.1, -0.05) is 0 Å². The van der Waals surface area contributed by atoms with Crippen LogP contribution in [0.15, 0.2) is 0 Å². The van der Waals surface area contributed by atoms with Gasteiger partial charge in [0, 0.05) is 17.1 Å². The molecule has 17 heteroatoms. The summed E-state index contributed by atoms with van der Waals surface area (Å²) in [5.74, 6) is 0. The van der Waals surface area contributed by atoms with Crippen LogP contribution in [0.3, 0.4) is 0 Å². The monoisotopic (exact) mass is 390 g/mol. The second-order valence-electron chi connectivity index (χ2n) is 1.34. The average Bonchev–Trinajstić information content (AvgIpc) is 1.41. The molecule has 0 aliphatic heterocycles. The van der Waals surface area contributed by atoms with E-state index >= 15 is 0 Å². The molecule has 12 nitrogen and oxygen atoms in total. The Morgan fingerprint density at radius 1 is 0.529 bits per heavy atom. The fourth-order valence-electron chi connectivity index (χ4n) is 0. The smallest absolute Gasteiger partial charge is 1.00 e. The molecule has 0 radical (unpaired) electrons. The Labute approximate surface area is 151 Å². The summed E-state index contributed by atoms with van der Waals surface area (Å²) in [7, 11) is -14.0. The van der Waals surface area contributed by atoms with Crippen molar-refractivity contribution in [3.05, 3.63) is 0 Å². The molecule has 0 aromatic rings. The van der Waals surface area contributed by atoms with Crippen molar-refractivity contribution >= 4 is 31.2 Å². The maximum absolute atomic E-state index is 8.74. The molecule has 0 fully saturated rings. The fraction of sp³-hybridized carbons (Fsp3) is 0. The Kier molecular flexibility index (Phi) is 23.5. The van der Waals surface area contributed by atoms with Crippen molar-refractivity contribution in [2.24, 2.45) is 0 Å². The van der Waals surface area contributed by atoms with E-state index < -0.39 is 31.2 Å². The van der Waals surface area contributed by atoms with Gasteiger partial charge >= 0.3 is 82.6 Å². The van der Waals surface area contributed by atoms with E-state index in [0.717, 1.165) is 0 Å². The Balaban J connectivity index is -0.0000000277. The van der Waals surface area contributed by atoms with Crippen LogP contribution in [0.25, 0.3) is 0 Å². The van der Waals surface area contributed by atoms with Gasteiger partial charge in [0.2, 0.25) is 0 Å². The summed E-state index contributed by atoms with van der Waals surface area (Å²) in [6.45, 7) is 0. The van der Waals surface area contributed by atoms with E-state index in [1.807, 2.05) is 0 Å². The second kappa shape index (κ2) is 12.8. The molecule has 106 valence electrons. The number of hydrogen-bond acceptors (Lipinski definition) is 6. The summed E-state index contributed by atoms with van der Waals surface area (Å²) in [6, 6.07) is 0. The number of hydrogen-bond donors (Lipinski definition) is 6. The molecule has 0 saturated carbocycles. The standard InChI is InChI=1S/Fe.K.3H2O4S.H/c;;3*1-5(2,3)4;/h;;3*(H2,1,2,3,4);/q;+1;;;;-1. The summed E-state index contributed by atoms with van der Waals surface area (Å²) in [5, 5.41) is 0. The molecule has 0 aromatic heterocycles. The van der Waals surface area contributed by atoms with Crippen molar-refractivity contribution in [3.63, 3.8) is 0 Å². The van der Waals surface area contributed by atoms with Crippen LogP contribution in [-0.4, -0.2) is 52.6 Å². The zero-order chi connectivity index (χ0) is 13.5. The van der Waals surface area contributed by atoms with Crippen LogP contribution in [0.1, 0.15) is 1.43 Å². The second-order valence-corrected chi connectivity index (χ2v) is 4.03. The van der Waals surface area contributed by atoms with Crippen LogP contribution in [0.5, 0.6) is 0 Å². The van der Waals surface area contributed by atoms with Gasteiger partial charge in [0.05, 0.1) is 0 Å². The van der Waals surface area contributed by atoms with Gasteiger partial charge in [-0.2, -0.15) is 25.3 Å². The van der Waals surface area contributed by atoms with Crippen molar-refractivity contribution in [2.75, 3.05) is 0 Å². The van der Waals surface area contributed by atoms with Crippen molar-refractivity contribution < 1.29 is 122 Å². The van der Waals surface area contributed by atoms with Crippen LogP contribution in [0.2, 0.25) is 0 Å². The first-order chi connectivity index (χ1) is 6.00. The molecule has 0 aliphatic carbocycles. The van der Waals surface area contributed by atoms with Crippen LogP contribution in [-0.2, 0) is 48.3 Å². The van der Waals surface area contributed by atoms with Crippen molar-refractivity contribution in [2.45, 2.75) is 0 Å². The third-order valence-corrected chi connectivity index (χ3v) is 0. The van der Waals surface area contributed by atoms with Crippen molar-refractivity contribution in [3.8, 4) is 0 Å². The largest absolute Gasteiger partial charge is 1.00 e. The Bertz CT molecular complexity index is 348. The van der Waals surface area contributed by atoms with E-state index in [-0.39, 0.29) is 69.9 Å². The van der Waals surface area contributed by atoms with Crippen molar-refractivity contribution in [1.29, 1.82) is 0 Å². The predicted octanol–water partition coefficient (Wildman–Crippen LogP) is -4.84. The fourth-order valence-corrected chi connectivity index (χ4v) is 0. The van der Waals surface area contributed by atoms with Crippen LogP contribution in [0.4, 0.5) is 0 Å². The molecule has 0 atom stereocenters. The Morgan fingerprint density at radius 2 is 0.529 bits per heavy atom. The molecule has 17 heavy (non-hydrogen) atoms. The normalized spacial score (nSPS) is 10.2. The third kappa shape index (κ3) is 1420. The van der Waals surface area contributed by atoms with E-state index in [1.165, 1.54) is 0 Å². The summed E-state index contributed by atoms with van der Waals surface area (Å²) in [6.07, 6.45) is 0. The van der Waals surface area contributed by atoms with Gasteiger partial charge in [-0.3, -0.25) is 27.3 Å². The summed E-state index contributed by atoms with van der Waals surface area (Å²) < 4.78 is 94.8. The molecule has 0 aliphatic rings. The van der Waals surface area contributed by atoms with E-state index in [9.17, 15) is 0 Å². The molecule has 0 rings (SSSR count). The van der Waals surface area contributed by atoms with E-state index in [1.54, 1.807) is 0 Å². The topological polar surface area (TPSA) is 224 Å². The molecule has 6 N–H and O–H groups in total. The predicted molar refractivity (Wildman–Crippen MR) is 43.6 cm³/mol. The number of rotatable bonds is 0. The summed E-state index contributed by atoms with van der Waals surface area (Å²) in [5.41, 5.74) is 0. The zero-order valence-electron chi connectivity index (χ0n) is 8.71. The van der Waals surface area contributed by atoms with Gasteiger partial charge in [0.25, 0.3) is 0 Å². The van der Waals surface area contributed by atoms with Crippen molar-refractivity contribution in [1.82, 2.24) is 0 Å². The van der Waals surface area contributed by atoms with E-state index in [2.05, 4.69) is 0 Å². The molecule has 0 bridgehead atoms.